The Morgan fingerprint density at radius 1 is 1.00 bits per heavy atom. The van der Waals surface area contributed by atoms with Gasteiger partial charge in [0, 0.05) is 5.69 Å². The van der Waals surface area contributed by atoms with Gasteiger partial charge < -0.3 is 10.1 Å². The standard InChI is InChI=1S/C25H28ClNO2/c1-16(29-23-5-3-2-4-22(23)26)24(28)27-21-8-6-20(7-9-21)25-13-17-10-18(14-25)12-19(11-17)15-25/h2-9,16-19H,10-15H2,1H3,(H,27,28)/t16-,17?,18?,19?,25?/m0/s1. The van der Waals surface area contributed by atoms with Gasteiger partial charge in [-0.1, -0.05) is 35.9 Å². The van der Waals surface area contributed by atoms with Crippen LogP contribution in [-0.4, -0.2) is 12.0 Å². The van der Waals surface area contributed by atoms with Gasteiger partial charge in [-0.05, 0) is 98.4 Å². The van der Waals surface area contributed by atoms with E-state index in [1.807, 2.05) is 24.3 Å². The van der Waals surface area contributed by atoms with Crippen molar-refractivity contribution in [3.63, 3.8) is 0 Å². The van der Waals surface area contributed by atoms with E-state index in [0.29, 0.717) is 16.2 Å². The minimum atomic E-state index is -0.627. The number of halogens is 1. The Morgan fingerprint density at radius 2 is 1.59 bits per heavy atom. The Labute approximate surface area is 177 Å². The largest absolute Gasteiger partial charge is 0.479 e. The maximum Gasteiger partial charge on any atom is 0.265 e. The maximum atomic E-state index is 12.6. The second-order valence-corrected chi connectivity index (χ2v) is 9.86. The first-order valence-electron chi connectivity index (χ1n) is 10.8. The third kappa shape index (κ3) is 3.66. The molecule has 4 aliphatic carbocycles. The highest BCUT2D eigenvalue weighted by molar-refractivity contribution is 6.32. The molecule has 3 nitrogen and oxygen atoms in total. The number of ether oxygens (including phenoxy) is 1. The van der Waals surface area contributed by atoms with Crippen molar-refractivity contribution in [2.24, 2.45) is 17.8 Å². The summed E-state index contributed by atoms with van der Waals surface area (Å²) >= 11 is 6.12. The van der Waals surface area contributed by atoms with Crippen LogP contribution >= 0.6 is 11.6 Å². The lowest BCUT2D eigenvalue weighted by molar-refractivity contribution is -0.122. The first-order valence-corrected chi connectivity index (χ1v) is 11.2. The number of carbonyl (C=O) groups excluding carboxylic acids is 1. The van der Waals surface area contributed by atoms with Gasteiger partial charge in [0.1, 0.15) is 5.75 Å². The smallest absolute Gasteiger partial charge is 0.265 e. The number of nitrogens with one attached hydrogen (secondary N) is 1. The highest BCUT2D eigenvalue weighted by Gasteiger charge is 2.51. The van der Waals surface area contributed by atoms with E-state index in [0.717, 1.165) is 23.4 Å². The summed E-state index contributed by atoms with van der Waals surface area (Å²) < 4.78 is 5.72. The molecule has 0 unspecified atom stereocenters. The van der Waals surface area contributed by atoms with E-state index in [4.69, 9.17) is 16.3 Å². The zero-order valence-corrected chi connectivity index (χ0v) is 17.6. The Morgan fingerprint density at radius 3 is 2.17 bits per heavy atom. The third-order valence-corrected chi connectivity index (χ3v) is 7.62. The average Bonchev–Trinajstić information content (AvgIpc) is 2.69. The van der Waals surface area contributed by atoms with Gasteiger partial charge in [0.25, 0.3) is 5.91 Å². The van der Waals surface area contributed by atoms with Crippen LogP contribution in [0.4, 0.5) is 5.69 Å². The fraction of sp³-hybridized carbons (Fsp3) is 0.480. The van der Waals surface area contributed by atoms with Crippen molar-refractivity contribution in [2.45, 2.75) is 57.0 Å². The van der Waals surface area contributed by atoms with Crippen molar-refractivity contribution < 1.29 is 9.53 Å². The molecule has 2 aromatic carbocycles. The molecule has 0 aliphatic heterocycles. The molecule has 152 valence electrons. The van der Waals surface area contributed by atoms with Gasteiger partial charge in [0.05, 0.1) is 5.02 Å². The molecular weight excluding hydrogens is 382 g/mol. The van der Waals surface area contributed by atoms with E-state index < -0.39 is 6.10 Å². The van der Waals surface area contributed by atoms with Crippen molar-refractivity contribution in [1.82, 2.24) is 0 Å². The van der Waals surface area contributed by atoms with Gasteiger partial charge in [0.15, 0.2) is 6.10 Å². The molecule has 29 heavy (non-hydrogen) atoms. The Balaban J connectivity index is 1.25. The van der Waals surface area contributed by atoms with Crippen LogP contribution in [-0.2, 0) is 10.2 Å². The zero-order chi connectivity index (χ0) is 20.0. The molecule has 4 fully saturated rings. The normalized spacial score (nSPS) is 30.8. The van der Waals surface area contributed by atoms with E-state index in [1.165, 1.54) is 44.1 Å². The number of para-hydroxylation sites is 1. The quantitative estimate of drug-likeness (QED) is 0.637. The van der Waals surface area contributed by atoms with Gasteiger partial charge in [-0.25, -0.2) is 0 Å². The molecule has 4 saturated carbocycles. The molecule has 0 spiro atoms. The number of amides is 1. The highest BCUT2D eigenvalue weighted by Crippen LogP contribution is 2.60. The fourth-order valence-corrected chi connectivity index (χ4v) is 6.58. The summed E-state index contributed by atoms with van der Waals surface area (Å²) in [5.41, 5.74) is 2.67. The number of anilines is 1. The second-order valence-electron chi connectivity index (χ2n) is 9.45. The van der Waals surface area contributed by atoms with E-state index in [9.17, 15) is 4.79 Å². The lowest BCUT2D eigenvalue weighted by Gasteiger charge is -2.57. The van der Waals surface area contributed by atoms with Crippen LogP contribution in [0, 0.1) is 17.8 Å². The second kappa shape index (κ2) is 7.36. The molecule has 0 aromatic heterocycles. The summed E-state index contributed by atoms with van der Waals surface area (Å²) in [6.45, 7) is 1.74. The Bertz CT molecular complexity index is 872. The zero-order valence-electron chi connectivity index (χ0n) is 16.9. The van der Waals surface area contributed by atoms with Crippen LogP contribution in [0.1, 0.15) is 51.0 Å². The number of hydrogen-bond acceptors (Lipinski definition) is 2. The van der Waals surface area contributed by atoms with Crippen LogP contribution in [0.25, 0.3) is 0 Å². The molecule has 0 saturated heterocycles. The fourth-order valence-electron chi connectivity index (χ4n) is 6.40. The number of carbonyl (C=O) groups is 1. The number of benzene rings is 2. The number of rotatable bonds is 5. The molecule has 1 N–H and O–H groups in total. The van der Waals surface area contributed by atoms with Crippen LogP contribution < -0.4 is 10.1 Å². The van der Waals surface area contributed by atoms with Crippen LogP contribution in [0.5, 0.6) is 5.75 Å². The summed E-state index contributed by atoms with van der Waals surface area (Å²) in [6.07, 6.45) is 7.80. The Hall–Kier alpha value is -2.00. The minimum Gasteiger partial charge on any atom is -0.479 e. The van der Waals surface area contributed by atoms with Crippen LogP contribution in [0.3, 0.4) is 0 Å². The number of hydrogen-bond donors (Lipinski definition) is 1. The lowest BCUT2D eigenvalue weighted by atomic mass is 9.48. The molecule has 1 atom stereocenters. The van der Waals surface area contributed by atoms with Gasteiger partial charge in [-0.15, -0.1) is 0 Å². The minimum absolute atomic E-state index is 0.174. The predicted molar refractivity (Wildman–Crippen MR) is 116 cm³/mol. The molecule has 1 amide bonds. The summed E-state index contributed by atoms with van der Waals surface area (Å²) in [7, 11) is 0. The molecule has 4 heteroatoms. The van der Waals surface area contributed by atoms with Gasteiger partial charge in [-0.2, -0.15) is 0 Å². The molecule has 4 aliphatic rings. The molecule has 0 radical (unpaired) electrons. The predicted octanol–water partition coefficient (Wildman–Crippen LogP) is 6.21. The maximum absolute atomic E-state index is 12.6. The van der Waals surface area contributed by atoms with E-state index in [1.54, 1.807) is 19.1 Å². The molecular formula is C25H28ClNO2. The van der Waals surface area contributed by atoms with E-state index in [2.05, 4.69) is 17.4 Å². The average molecular weight is 410 g/mol. The van der Waals surface area contributed by atoms with Gasteiger partial charge in [-0.3, -0.25) is 4.79 Å². The molecule has 6 rings (SSSR count). The SMILES string of the molecule is C[C@H](Oc1ccccc1Cl)C(=O)Nc1ccc(C23CC4CC(CC(C4)C2)C3)cc1. The summed E-state index contributed by atoms with van der Waals surface area (Å²) in [6, 6.07) is 15.8. The van der Waals surface area contributed by atoms with E-state index >= 15 is 0 Å². The van der Waals surface area contributed by atoms with Crippen molar-refractivity contribution in [2.75, 3.05) is 5.32 Å². The Kier molecular flexibility index (Phi) is 4.82. The topological polar surface area (TPSA) is 38.3 Å². The summed E-state index contributed by atoms with van der Waals surface area (Å²) in [5, 5.41) is 3.48. The van der Waals surface area contributed by atoms with Crippen molar-refractivity contribution >= 4 is 23.2 Å². The highest BCUT2D eigenvalue weighted by atomic mass is 35.5. The van der Waals surface area contributed by atoms with Crippen LogP contribution in [0.2, 0.25) is 5.02 Å². The van der Waals surface area contributed by atoms with Crippen molar-refractivity contribution in [1.29, 1.82) is 0 Å². The third-order valence-electron chi connectivity index (χ3n) is 7.31. The van der Waals surface area contributed by atoms with E-state index in [-0.39, 0.29) is 5.91 Å². The van der Waals surface area contributed by atoms with Crippen molar-refractivity contribution in [3.8, 4) is 5.75 Å². The van der Waals surface area contributed by atoms with Crippen LogP contribution in [0.15, 0.2) is 48.5 Å². The summed E-state index contributed by atoms with van der Waals surface area (Å²) in [4.78, 5) is 12.6. The molecule has 0 heterocycles. The van der Waals surface area contributed by atoms with Gasteiger partial charge in [0.2, 0.25) is 0 Å². The lowest BCUT2D eigenvalue weighted by Crippen LogP contribution is -2.48. The molecule has 2 aromatic rings. The first-order chi connectivity index (χ1) is 14.0. The van der Waals surface area contributed by atoms with Crippen molar-refractivity contribution in [3.05, 3.63) is 59.1 Å². The first kappa shape index (κ1) is 19.0. The van der Waals surface area contributed by atoms with Gasteiger partial charge >= 0.3 is 0 Å². The monoisotopic (exact) mass is 409 g/mol. The molecule has 4 bridgehead atoms. The summed E-state index contributed by atoms with van der Waals surface area (Å²) in [5.74, 6) is 3.15.